The molecule has 1 aromatic rings. The van der Waals surface area contributed by atoms with Gasteiger partial charge in [-0.1, -0.05) is 0 Å². The molecule has 0 heterocycles. The average Bonchev–Trinajstić information content (AvgIpc) is 2.25. The molecule has 1 aromatic carbocycles. The summed E-state index contributed by atoms with van der Waals surface area (Å²) in [6.07, 6.45) is -5.06. The van der Waals surface area contributed by atoms with Crippen LogP contribution in [-0.4, -0.2) is 7.11 Å². The highest BCUT2D eigenvalue weighted by Gasteiger charge is 2.31. The van der Waals surface area contributed by atoms with E-state index in [1.807, 2.05) is 0 Å². The molecule has 1 rings (SSSR count). The topological polar surface area (TPSA) is 44.5 Å². The summed E-state index contributed by atoms with van der Waals surface area (Å²) in [5.41, 5.74) is -0.493. The van der Waals surface area contributed by atoms with Crippen LogP contribution in [0.2, 0.25) is 0 Å². The minimum Gasteiger partial charge on any atom is -0.496 e. The van der Waals surface area contributed by atoms with E-state index >= 15 is 0 Å². The first-order valence-electron chi connectivity index (χ1n) is 4.50. The Morgan fingerprint density at radius 1 is 1.31 bits per heavy atom. The van der Waals surface area contributed by atoms with Gasteiger partial charge in [0.15, 0.2) is 0 Å². The van der Waals surface area contributed by atoms with Crippen molar-refractivity contribution in [2.45, 2.75) is 19.2 Å². The summed E-state index contributed by atoms with van der Waals surface area (Å²) in [5.74, 6) is 5.26. The van der Waals surface area contributed by atoms with Crippen LogP contribution in [0.4, 0.5) is 13.2 Å². The quantitative estimate of drug-likeness (QED) is 0.819. The molecular weight excluding hydrogens is 223 g/mol. The van der Waals surface area contributed by atoms with Gasteiger partial charge in [-0.15, -0.1) is 0 Å². The third-order valence-corrected chi connectivity index (χ3v) is 2.20. The molecule has 0 saturated heterocycles. The molecule has 0 amide bonds. The van der Waals surface area contributed by atoms with Crippen molar-refractivity contribution in [3.05, 3.63) is 29.3 Å². The summed E-state index contributed by atoms with van der Waals surface area (Å²) in [5, 5.41) is 0. The Labute approximate surface area is 90.9 Å². The predicted molar refractivity (Wildman–Crippen MR) is 51.7 cm³/mol. The number of hydrogen-bond donors (Lipinski definition) is 1. The fourth-order valence-corrected chi connectivity index (χ4v) is 1.30. The van der Waals surface area contributed by atoms with Crippen molar-refractivity contribution >= 4 is 0 Å². The molecular formula is C10H12F3NO2. The van der Waals surface area contributed by atoms with Gasteiger partial charge >= 0.3 is 6.18 Å². The molecule has 0 radical (unpaired) electrons. The van der Waals surface area contributed by atoms with Crippen LogP contribution in [0.5, 0.6) is 5.75 Å². The van der Waals surface area contributed by atoms with Gasteiger partial charge in [0.25, 0.3) is 0 Å². The predicted octanol–water partition coefficient (Wildman–Crippen LogP) is 2.67. The zero-order valence-corrected chi connectivity index (χ0v) is 8.84. The number of rotatable bonds is 3. The Bertz CT molecular complexity index is 366. The van der Waals surface area contributed by atoms with Crippen LogP contribution in [0.3, 0.4) is 0 Å². The second-order valence-corrected chi connectivity index (χ2v) is 3.23. The van der Waals surface area contributed by atoms with E-state index in [9.17, 15) is 13.2 Å². The van der Waals surface area contributed by atoms with E-state index in [0.717, 1.165) is 12.1 Å². The Morgan fingerprint density at radius 3 is 2.38 bits per heavy atom. The molecule has 0 spiro atoms. The summed E-state index contributed by atoms with van der Waals surface area (Å²) in [7, 11) is 1.37. The van der Waals surface area contributed by atoms with E-state index < -0.39 is 17.8 Å². The van der Waals surface area contributed by atoms with Crippen LogP contribution in [-0.2, 0) is 11.0 Å². The van der Waals surface area contributed by atoms with Crippen molar-refractivity contribution in [1.82, 2.24) is 0 Å². The van der Waals surface area contributed by atoms with Crippen LogP contribution in [0.25, 0.3) is 0 Å². The molecule has 0 bridgehead atoms. The van der Waals surface area contributed by atoms with Crippen LogP contribution in [0, 0.1) is 0 Å². The molecule has 0 aliphatic rings. The lowest BCUT2D eigenvalue weighted by Gasteiger charge is -2.16. The molecule has 3 nitrogen and oxygen atoms in total. The second-order valence-electron chi connectivity index (χ2n) is 3.23. The Balaban J connectivity index is 3.21. The molecule has 90 valence electrons. The van der Waals surface area contributed by atoms with Crippen molar-refractivity contribution in [1.29, 1.82) is 0 Å². The van der Waals surface area contributed by atoms with E-state index in [1.54, 1.807) is 0 Å². The molecule has 0 aliphatic carbocycles. The normalized spacial score (nSPS) is 13.6. The lowest BCUT2D eigenvalue weighted by molar-refractivity contribution is -0.137. The van der Waals surface area contributed by atoms with Crippen molar-refractivity contribution in [3.63, 3.8) is 0 Å². The number of ether oxygens (including phenoxy) is 1. The molecule has 16 heavy (non-hydrogen) atoms. The highest BCUT2D eigenvalue weighted by molar-refractivity contribution is 5.39. The highest BCUT2D eigenvalue weighted by atomic mass is 19.4. The maximum atomic E-state index is 12.5. The Kier molecular flexibility index (Phi) is 3.77. The summed E-state index contributed by atoms with van der Waals surface area (Å²) >= 11 is 0. The van der Waals surface area contributed by atoms with Crippen LogP contribution in [0.1, 0.15) is 24.2 Å². The number of benzene rings is 1. The molecule has 6 heteroatoms. The smallest absolute Gasteiger partial charge is 0.416 e. The number of alkyl halides is 3. The van der Waals surface area contributed by atoms with Crippen LogP contribution in [0.15, 0.2) is 18.2 Å². The second kappa shape index (κ2) is 4.71. The third-order valence-electron chi connectivity index (χ3n) is 2.20. The number of methoxy groups -OCH3 is 1. The molecule has 2 N–H and O–H groups in total. The molecule has 0 aromatic heterocycles. The first-order valence-corrected chi connectivity index (χ1v) is 4.50. The van der Waals surface area contributed by atoms with E-state index in [2.05, 4.69) is 4.84 Å². The summed E-state index contributed by atoms with van der Waals surface area (Å²) < 4.78 is 42.3. The first kappa shape index (κ1) is 12.8. The highest BCUT2D eigenvalue weighted by Crippen LogP contribution is 2.35. The molecule has 1 unspecified atom stereocenters. The van der Waals surface area contributed by atoms with E-state index in [-0.39, 0.29) is 5.56 Å². The minimum atomic E-state index is -4.39. The number of hydrogen-bond acceptors (Lipinski definition) is 3. The summed E-state index contributed by atoms with van der Waals surface area (Å²) in [6.45, 7) is 1.54. The van der Waals surface area contributed by atoms with Crippen LogP contribution >= 0.6 is 0 Å². The maximum absolute atomic E-state index is 12.5. The Hall–Kier alpha value is -1.27. The van der Waals surface area contributed by atoms with Crippen molar-refractivity contribution in [2.24, 2.45) is 5.90 Å². The number of nitrogens with two attached hydrogens (primary N) is 1. The molecule has 1 atom stereocenters. The van der Waals surface area contributed by atoms with E-state index in [1.165, 1.54) is 20.1 Å². The molecule has 0 saturated carbocycles. The van der Waals surface area contributed by atoms with Gasteiger partial charge < -0.3 is 4.74 Å². The maximum Gasteiger partial charge on any atom is 0.416 e. The number of halogens is 3. The van der Waals surface area contributed by atoms with E-state index in [0.29, 0.717) is 5.75 Å². The van der Waals surface area contributed by atoms with Crippen molar-refractivity contribution in [2.75, 3.05) is 7.11 Å². The van der Waals surface area contributed by atoms with Crippen molar-refractivity contribution in [3.8, 4) is 5.75 Å². The Morgan fingerprint density at radius 2 is 1.94 bits per heavy atom. The standard InChI is InChI=1S/C10H12F3NO2/c1-6(16-14)8-5-7(10(11,12)13)3-4-9(8)15-2/h3-6H,14H2,1-2H3. The minimum absolute atomic E-state index is 0.264. The third kappa shape index (κ3) is 2.65. The van der Waals surface area contributed by atoms with E-state index in [4.69, 9.17) is 10.6 Å². The van der Waals surface area contributed by atoms with Gasteiger partial charge in [0.05, 0.1) is 12.7 Å². The van der Waals surface area contributed by atoms with Gasteiger partial charge in [0.2, 0.25) is 0 Å². The fraction of sp³-hybridized carbons (Fsp3) is 0.400. The van der Waals surface area contributed by atoms with Crippen LogP contribution < -0.4 is 10.6 Å². The van der Waals surface area contributed by atoms with Gasteiger partial charge in [-0.25, -0.2) is 5.90 Å². The zero-order chi connectivity index (χ0) is 12.3. The molecule has 0 fully saturated rings. The summed E-state index contributed by atoms with van der Waals surface area (Å²) in [6, 6.07) is 3.16. The zero-order valence-electron chi connectivity index (χ0n) is 8.84. The largest absolute Gasteiger partial charge is 0.496 e. The average molecular weight is 235 g/mol. The lowest BCUT2D eigenvalue weighted by Crippen LogP contribution is -2.10. The fourth-order valence-electron chi connectivity index (χ4n) is 1.30. The van der Waals surface area contributed by atoms with Gasteiger partial charge in [-0.3, -0.25) is 4.84 Å². The van der Waals surface area contributed by atoms with Gasteiger partial charge in [0, 0.05) is 5.56 Å². The van der Waals surface area contributed by atoms with Crippen molar-refractivity contribution < 1.29 is 22.7 Å². The first-order chi connectivity index (χ1) is 7.40. The molecule has 0 aliphatic heterocycles. The van der Waals surface area contributed by atoms with Gasteiger partial charge in [0.1, 0.15) is 11.9 Å². The summed E-state index contributed by atoms with van der Waals surface area (Å²) in [4.78, 5) is 4.50. The SMILES string of the molecule is COc1ccc(C(F)(F)F)cc1C(C)ON. The van der Waals surface area contributed by atoms with Gasteiger partial charge in [-0.2, -0.15) is 13.2 Å². The monoisotopic (exact) mass is 235 g/mol. The van der Waals surface area contributed by atoms with Gasteiger partial charge in [-0.05, 0) is 25.1 Å². The lowest BCUT2D eigenvalue weighted by atomic mass is 10.1.